The van der Waals surface area contributed by atoms with Gasteiger partial charge >= 0.3 is 0 Å². The number of hydrogen-bond donors (Lipinski definition) is 0. The van der Waals surface area contributed by atoms with Crippen LogP contribution in [0.5, 0.6) is 0 Å². The Bertz CT molecular complexity index is 544. The average molecular weight is 306 g/mol. The molecule has 114 valence electrons. The van der Waals surface area contributed by atoms with Gasteiger partial charge in [-0.25, -0.2) is 0 Å². The van der Waals surface area contributed by atoms with Crippen LogP contribution in [0.2, 0.25) is 0 Å². The summed E-state index contributed by atoms with van der Waals surface area (Å²) in [5.74, 6) is 2.16. The zero-order valence-electron chi connectivity index (χ0n) is 12.7. The molecule has 3 rings (SSSR count). The Morgan fingerprint density at radius 3 is 2.67 bits per heavy atom. The van der Waals surface area contributed by atoms with Crippen molar-refractivity contribution in [2.45, 2.75) is 20.4 Å². The van der Waals surface area contributed by atoms with Crippen LogP contribution in [0.4, 0.5) is 0 Å². The molecule has 0 amide bonds. The van der Waals surface area contributed by atoms with Crippen LogP contribution in [0.25, 0.3) is 10.7 Å². The van der Waals surface area contributed by atoms with Gasteiger partial charge in [-0.1, -0.05) is 25.1 Å². The molecular weight excluding hydrogens is 284 g/mol. The number of rotatable bonds is 5. The van der Waals surface area contributed by atoms with Crippen LogP contribution in [0.3, 0.4) is 0 Å². The Balaban J connectivity index is 1.52. The van der Waals surface area contributed by atoms with Crippen molar-refractivity contribution >= 4 is 11.3 Å². The first-order chi connectivity index (χ1) is 10.2. The van der Waals surface area contributed by atoms with E-state index in [0.29, 0.717) is 5.82 Å². The van der Waals surface area contributed by atoms with E-state index in [1.807, 2.05) is 17.5 Å². The second-order valence-electron chi connectivity index (χ2n) is 5.96. The predicted molar refractivity (Wildman–Crippen MR) is 84.2 cm³/mol. The molecule has 2 aromatic rings. The van der Waals surface area contributed by atoms with Crippen LogP contribution in [0, 0.1) is 5.92 Å². The van der Waals surface area contributed by atoms with Crippen molar-refractivity contribution in [2.75, 3.05) is 32.7 Å². The second-order valence-corrected chi connectivity index (χ2v) is 6.91. The summed E-state index contributed by atoms with van der Waals surface area (Å²) in [5, 5.41) is 6.09. The Morgan fingerprint density at radius 1 is 1.24 bits per heavy atom. The first kappa shape index (κ1) is 14.7. The molecule has 0 spiro atoms. The molecule has 0 bridgehead atoms. The molecule has 0 unspecified atom stereocenters. The SMILES string of the molecule is CC(C)CN1CCN(Cc2nc(-c3cccs3)no2)CC1. The lowest BCUT2D eigenvalue weighted by molar-refractivity contribution is 0.108. The minimum atomic E-state index is 0.707. The van der Waals surface area contributed by atoms with Crippen molar-refractivity contribution < 1.29 is 4.52 Å². The highest BCUT2D eigenvalue weighted by Gasteiger charge is 2.19. The third-order valence-corrected chi connectivity index (χ3v) is 4.52. The molecule has 1 aliphatic rings. The summed E-state index contributed by atoms with van der Waals surface area (Å²) in [6.07, 6.45) is 0. The summed E-state index contributed by atoms with van der Waals surface area (Å²) >= 11 is 1.64. The van der Waals surface area contributed by atoms with Gasteiger partial charge < -0.3 is 9.42 Å². The maximum Gasteiger partial charge on any atom is 0.241 e. The van der Waals surface area contributed by atoms with E-state index in [9.17, 15) is 0 Å². The topological polar surface area (TPSA) is 45.4 Å². The van der Waals surface area contributed by atoms with Gasteiger partial charge in [0.2, 0.25) is 11.7 Å². The maximum absolute atomic E-state index is 5.37. The van der Waals surface area contributed by atoms with Gasteiger partial charge in [0, 0.05) is 32.7 Å². The van der Waals surface area contributed by atoms with E-state index in [-0.39, 0.29) is 0 Å². The molecule has 21 heavy (non-hydrogen) atoms. The number of nitrogens with zero attached hydrogens (tertiary/aromatic N) is 4. The number of piperazine rings is 1. The lowest BCUT2D eigenvalue weighted by Crippen LogP contribution is -2.46. The third kappa shape index (κ3) is 3.90. The highest BCUT2D eigenvalue weighted by Crippen LogP contribution is 2.21. The lowest BCUT2D eigenvalue weighted by atomic mass is 10.2. The van der Waals surface area contributed by atoms with Gasteiger partial charge in [-0.2, -0.15) is 4.98 Å². The number of hydrogen-bond acceptors (Lipinski definition) is 6. The van der Waals surface area contributed by atoms with E-state index in [2.05, 4.69) is 33.8 Å². The Hall–Kier alpha value is -1.24. The monoisotopic (exact) mass is 306 g/mol. The summed E-state index contributed by atoms with van der Waals surface area (Å²) in [6.45, 7) is 10.9. The van der Waals surface area contributed by atoms with Crippen LogP contribution in [0.1, 0.15) is 19.7 Å². The first-order valence-corrected chi connectivity index (χ1v) is 8.40. The van der Waals surface area contributed by atoms with Gasteiger partial charge in [0.25, 0.3) is 0 Å². The van der Waals surface area contributed by atoms with Gasteiger partial charge in [-0.3, -0.25) is 4.90 Å². The van der Waals surface area contributed by atoms with Gasteiger partial charge in [0.15, 0.2) is 0 Å². The van der Waals surface area contributed by atoms with E-state index in [1.165, 1.54) is 6.54 Å². The van der Waals surface area contributed by atoms with Crippen molar-refractivity contribution in [3.8, 4) is 10.7 Å². The number of aromatic nitrogens is 2. The zero-order chi connectivity index (χ0) is 14.7. The summed E-state index contributed by atoms with van der Waals surface area (Å²) < 4.78 is 5.37. The zero-order valence-corrected chi connectivity index (χ0v) is 13.5. The molecule has 0 atom stereocenters. The summed E-state index contributed by atoms with van der Waals surface area (Å²) in [7, 11) is 0. The summed E-state index contributed by atoms with van der Waals surface area (Å²) in [5.41, 5.74) is 0. The van der Waals surface area contributed by atoms with Crippen molar-refractivity contribution in [2.24, 2.45) is 5.92 Å². The Morgan fingerprint density at radius 2 is 2.00 bits per heavy atom. The predicted octanol–water partition coefficient (Wildman–Crippen LogP) is 2.57. The fourth-order valence-electron chi connectivity index (χ4n) is 2.66. The lowest BCUT2D eigenvalue weighted by Gasteiger charge is -2.34. The van der Waals surface area contributed by atoms with Gasteiger partial charge in [-0.15, -0.1) is 11.3 Å². The molecular formula is C15H22N4OS. The molecule has 6 heteroatoms. The fourth-order valence-corrected chi connectivity index (χ4v) is 3.31. The van der Waals surface area contributed by atoms with Crippen LogP contribution in [-0.4, -0.2) is 52.7 Å². The average Bonchev–Trinajstić information content (AvgIpc) is 3.11. The Labute approximate surface area is 129 Å². The highest BCUT2D eigenvalue weighted by atomic mass is 32.1. The molecule has 3 heterocycles. The standard InChI is InChI=1S/C15H22N4OS/c1-12(2)10-18-5-7-19(8-6-18)11-14-16-15(17-20-14)13-4-3-9-21-13/h3-4,9,12H,5-8,10-11H2,1-2H3. The van der Waals surface area contributed by atoms with Crippen LogP contribution in [0.15, 0.2) is 22.0 Å². The molecule has 0 aromatic carbocycles. The van der Waals surface area contributed by atoms with E-state index >= 15 is 0 Å². The maximum atomic E-state index is 5.37. The van der Waals surface area contributed by atoms with E-state index in [4.69, 9.17) is 4.52 Å². The minimum absolute atomic E-state index is 0.707. The quantitative estimate of drug-likeness (QED) is 0.849. The molecule has 5 nitrogen and oxygen atoms in total. The third-order valence-electron chi connectivity index (χ3n) is 3.66. The number of thiophene rings is 1. The smallest absolute Gasteiger partial charge is 0.241 e. The fraction of sp³-hybridized carbons (Fsp3) is 0.600. The van der Waals surface area contributed by atoms with Gasteiger partial charge in [-0.05, 0) is 17.4 Å². The van der Waals surface area contributed by atoms with Gasteiger partial charge in [0.1, 0.15) is 0 Å². The van der Waals surface area contributed by atoms with E-state index in [0.717, 1.165) is 49.4 Å². The summed E-state index contributed by atoms with van der Waals surface area (Å²) in [6, 6.07) is 4.02. The highest BCUT2D eigenvalue weighted by molar-refractivity contribution is 7.13. The molecule has 0 radical (unpaired) electrons. The van der Waals surface area contributed by atoms with Crippen molar-refractivity contribution in [1.29, 1.82) is 0 Å². The molecule has 2 aromatic heterocycles. The van der Waals surface area contributed by atoms with Crippen molar-refractivity contribution in [3.05, 3.63) is 23.4 Å². The molecule has 0 aliphatic carbocycles. The Kier molecular flexibility index (Phi) is 4.67. The normalized spacial score (nSPS) is 17.7. The first-order valence-electron chi connectivity index (χ1n) is 7.52. The van der Waals surface area contributed by atoms with E-state index < -0.39 is 0 Å². The molecule has 0 saturated carbocycles. The summed E-state index contributed by atoms with van der Waals surface area (Å²) in [4.78, 5) is 10.5. The van der Waals surface area contributed by atoms with Crippen LogP contribution in [-0.2, 0) is 6.54 Å². The molecule has 1 aliphatic heterocycles. The van der Waals surface area contributed by atoms with Crippen LogP contribution < -0.4 is 0 Å². The largest absolute Gasteiger partial charge is 0.338 e. The van der Waals surface area contributed by atoms with Crippen molar-refractivity contribution in [3.63, 3.8) is 0 Å². The van der Waals surface area contributed by atoms with E-state index in [1.54, 1.807) is 11.3 Å². The second kappa shape index (κ2) is 6.68. The molecule has 1 saturated heterocycles. The molecule has 1 fully saturated rings. The minimum Gasteiger partial charge on any atom is -0.338 e. The van der Waals surface area contributed by atoms with Crippen molar-refractivity contribution in [1.82, 2.24) is 19.9 Å². The van der Waals surface area contributed by atoms with Gasteiger partial charge in [0.05, 0.1) is 11.4 Å². The van der Waals surface area contributed by atoms with Crippen LogP contribution >= 0.6 is 11.3 Å². The molecule has 0 N–H and O–H groups in total.